The van der Waals surface area contributed by atoms with Gasteiger partial charge in [-0.1, -0.05) is 37.0 Å². The van der Waals surface area contributed by atoms with Gasteiger partial charge < -0.3 is 21.1 Å². The molecule has 0 aliphatic carbocycles. The summed E-state index contributed by atoms with van der Waals surface area (Å²) in [4.78, 5) is 4.28. The zero-order chi connectivity index (χ0) is 25.1. The predicted octanol–water partition coefficient (Wildman–Crippen LogP) is 5.26. The van der Waals surface area contributed by atoms with E-state index in [1.165, 1.54) is 12.1 Å². The van der Waals surface area contributed by atoms with Crippen molar-refractivity contribution in [2.24, 2.45) is 5.92 Å². The first-order valence-corrected chi connectivity index (χ1v) is 12.7. The standard InChI is InChI=1S/C23H25Cl2FN6O.C2H6/c1-12(21-17(24)2-3-18(26)22(21)25)33-20-5-13(7-30-23(20)27)15-8-31-32(11-15)16-4-14-6-28-10-19(14)29-9-16;1-2/h2-3,5,7-8,11-12,14,16,19,28-29H,4,6,9-10H2,1H3,(H2,27,30);1-2H3. The molecule has 2 aliphatic rings. The average Bonchev–Trinajstić information content (AvgIpc) is 3.54. The molecule has 2 aliphatic heterocycles. The van der Waals surface area contributed by atoms with Gasteiger partial charge in [0.25, 0.3) is 0 Å². The minimum Gasteiger partial charge on any atom is -0.482 e. The first kappa shape index (κ1) is 25.7. The zero-order valence-corrected chi connectivity index (χ0v) is 21.6. The second kappa shape index (κ2) is 11.1. The van der Waals surface area contributed by atoms with Gasteiger partial charge in [-0.2, -0.15) is 5.10 Å². The third-order valence-corrected chi connectivity index (χ3v) is 7.22. The number of nitrogen functional groups attached to an aromatic ring is 1. The summed E-state index contributed by atoms with van der Waals surface area (Å²) in [6, 6.07) is 5.33. The number of nitrogens with two attached hydrogens (primary N) is 1. The summed E-state index contributed by atoms with van der Waals surface area (Å²) in [6.07, 6.45) is 5.98. The largest absolute Gasteiger partial charge is 0.482 e. The Labute approximate surface area is 215 Å². The Morgan fingerprint density at radius 1 is 1.17 bits per heavy atom. The van der Waals surface area contributed by atoms with Crippen molar-refractivity contribution in [1.82, 2.24) is 25.4 Å². The van der Waals surface area contributed by atoms with Gasteiger partial charge in [-0.05, 0) is 44.0 Å². The van der Waals surface area contributed by atoms with Gasteiger partial charge in [0, 0.05) is 53.2 Å². The maximum Gasteiger partial charge on any atom is 0.166 e. The Balaban J connectivity index is 0.00000141. The lowest BCUT2D eigenvalue weighted by molar-refractivity contribution is 0.227. The Kier molecular flexibility index (Phi) is 8.16. The fraction of sp³-hybridized carbons (Fsp3) is 0.440. The van der Waals surface area contributed by atoms with Crippen LogP contribution in [0.5, 0.6) is 5.75 Å². The highest BCUT2D eigenvalue weighted by molar-refractivity contribution is 6.36. The van der Waals surface area contributed by atoms with Gasteiger partial charge in [-0.15, -0.1) is 0 Å². The van der Waals surface area contributed by atoms with Gasteiger partial charge in [0.2, 0.25) is 0 Å². The molecular formula is C25H31Cl2FN6O. The average molecular weight is 521 g/mol. The number of rotatable bonds is 5. The summed E-state index contributed by atoms with van der Waals surface area (Å²) in [5.74, 6) is 0.648. The summed E-state index contributed by atoms with van der Waals surface area (Å²) in [6.45, 7) is 8.71. The van der Waals surface area contributed by atoms with Crippen molar-refractivity contribution in [1.29, 1.82) is 0 Å². The number of hydrogen-bond acceptors (Lipinski definition) is 6. The summed E-state index contributed by atoms with van der Waals surface area (Å²) in [5, 5.41) is 11.9. The summed E-state index contributed by atoms with van der Waals surface area (Å²) < 4.78 is 22.0. The number of nitrogens with zero attached hydrogens (tertiary/aromatic N) is 3. The fourth-order valence-electron chi connectivity index (χ4n) is 4.70. The van der Waals surface area contributed by atoms with E-state index in [1.54, 1.807) is 19.2 Å². The summed E-state index contributed by atoms with van der Waals surface area (Å²) in [7, 11) is 0. The van der Waals surface area contributed by atoms with Crippen LogP contribution in [0, 0.1) is 11.7 Å². The first-order valence-electron chi connectivity index (χ1n) is 11.9. The molecule has 0 radical (unpaired) electrons. The maximum absolute atomic E-state index is 14.0. The lowest BCUT2D eigenvalue weighted by Gasteiger charge is -2.32. The van der Waals surface area contributed by atoms with Crippen LogP contribution in [0.25, 0.3) is 11.1 Å². The third-order valence-electron chi connectivity index (χ3n) is 6.51. The van der Waals surface area contributed by atoms with E-state index in [-0.39, 0.29) is 10.8 Å². The molecule has 4 heterocycles. The molecule has 2 aromatic heterocycles. The molecule has 4 unspecified atom stereocenters. The second-order valence-electron chi connectivity index (χ2n) is 8.66. The number of piperidine rings is 1. The molecule has 4 N–H and O–H groups in total. The minimum atomic E-state index is -0.635. The van der Waals surface area contributed by atoms with E-state index in [4.69, 9.17) is 33.7 Å². The van der Waals surface area contributed by atoms with E-state index in [2.05, 4.69) is 20.7 Å². The number of pyridine rings is 1. The van der Waals surface area contributed by atoms with Crippen LogP contribution < -0.4 is 21.1 Å². The normalized spacial score (nSPS) is 22.2. The summed E-state index contributed by atoms with van der Waals surface area (Å²) >= 11 is 12.4. The summed E-state index contributed by atoms with van der Waals surface area (Å²) in [5.41, 5.74) is 8.15. The third kappa shape index (κ3) is 5.40. The number of anilines is 1. The molecule has 7 nitrogen and oxygen atoms in total. The molecule has 0 amide bonds. The van der Waals surface area contributed by atoms with E-state index in [9.17, 15) is 4.39 Å². The minimum absolute atomic E-state index is 0.0697. The highest BCUT2D eigenvalue weighted by atomic mass is 35.5. The molecule has 2 saturated heterocycles. The SMILES string of the molecule is CC.CC(Oc1cc(-c2cnn(C3CNC4CNCC4C3)c2)cnc1N)c1c(Cl)ccc(F)c1Cl. The predicted molar refractivity (Wildman–Crippen MR) is 138 cm³/mol. The van der Waals surface area contributed by atoms with Crippen LogP contribution in [0.4, 0.5) is 10.2 Å². The smallest absolute Gasteiger partial charge is 0.166 e. The van der Waals surface area contributed by atoms with Crippen LogP contribution in [0.15, 0.2) is 36.8 Å². The van der Waals surface area contributed by atoms with Crippen molar-refractivity contribution in [2.75, 3.05) is 25.4 Å². The van der Waals surface area contributed by atoms with Crippen molar-refractivity contribution in [3.8, 4) is 16.9 Å². The number of ether oxygens (including phenoxy) is 1. The molecule has 0 saturated carbocycles. The van der Waals surface area contributed by atoms with Gasteiger partial charge in [0.1, 0.15) is 11.9 Å². The molecule has 4 atom stereocenters. The molecule has 0 bridgehead atoms. The molecule has 0 spiro atoms. The van der Waals surface area contributed by atoms with E-state index >= 15 is 0 Å². The Morgan fingerprint density at radius 3 is 2.77 bits per heavy atom. The van der Waals surface area contributed by atoms with Crippen molar-refractivity contribution in [2.45, 2.75) is 45.4 Å². The molecule has 10 heteroatoms. The number of halogens is 3. The zero-order valence-electron chi connectivity index (χ0n) is 20.1. The number of hydrogen-bond donors (Lipinski definition) is 3. The molecule has 2 fully saturated rings. The van der Waals surface area contributed by atoms with Gasteiger partial charge in [-0.3, -0.25) is 4.68 Å². The topological polar surface area (TPSA) is 90.0 Å². The van der Waals surface area contributed by atoms with Gasteiger partial charge in [0.05, 0.1) is 17.3 Å². The lowest BCUT2D eigenvalue weighted by Crippen LogP contribution is -2.45. The van der Waals surface area contributed by atoms with Crippen LogP contribution in [0.1, 0.15) is 44.9 Å². The van der Waals surface area contributed by atoms with Crippen molar-refractivity contribution in [3.63, 3.8) is 0 Å². The molecular weight excluding hydrogens is 490 g/mol. The van der Waals surface area contributed by atoms with Crippen LogP contribution in [-0.4, -0.2) is 40.4 Å². The molecule has 5 rings (SSSR count). The number of aromatic nitrogens is 3. The Bertz CT molecular complexity index is 1170. The van der Waals surface area contributed by atoms with Crippen molar-refractivity contribution >= 4 is 29.0 Å². The van der Waals surface area contributed by atoms with E-state index in [0.29, 0.717) is 34.3 Å². The molecule has 35 heavy (non-hydrogen) atoms. The molecule has 1 aromatic carbocycles. The highest BCUT2D eigenvalue weighted by Crippen LogP contribution is 2.37. The van der Waals surface area contributed by atoms with E-state index < -0.39 is 11.9 Å². The molecule has 3 aromatic rings. The van der Waals surface area contributed by atoms with Crippen LogP contribution >= 0.6 is 23.2 Å². The van der Waals surface area contributed by atoms with E-state index in [1.807, 2.05) is 30.9 Å². The van der Waals surface area contributed by atoms with Gasteiger partial charge in [-0.25, -0.2) is 9.37 Å². The molecule has 188 valence electrons. The van der Waals surface area contributed by atoms with Crippen molar-refractivity contribution < 1.29 is 9.13 Å². The maximum atomic E-state index is 14.0. The van der Waals surface area contributed by atoms with Gasteiger partial charge >= 0.3 is 0 Å². The number of nitrogens with one attached hydrogen (secondary N) is 2. The van der Waals surface area contributed by atoms with Crippen LogP contribution in [0.3, 0.4) is 0 Å². The Morgan fingerprint density at radius 2 is 1.97 bits per heavy atom. The Hall–Kier alpha value is -2.39. The quantitative estimate of drug-likeness (QED) is 0.397. The van der Waals surface area contributed by atoms with Crippen LogP contribution in [-0.2, 0) is 0 Å². The van der Waals surface area contributed by atoms with Crippen LogP contribution in [0.2, 0.25) is 10.0 Å². The second-order valence-corrected chi connectivity index (χ2v) is 9.44. The highest BCUT2D eigenvalue weighted by Gasteiger charge is 2.34. The first-order chi connectivity index (χ1) is 16.9. The monoisotopic (exact) mass is 520 g/mol. The number of benzene rings is 1. The lowest BCUT2D eigenvalue weighted by atomic mass is 9.91. The van der Waals surface area contributed by atoms with Gasteiger partial charge in [0.15, 0.2) is 11.6 Å². The fourth-order valence-corrected chi connectivity index (χ4v) is 5.38. The van der Waals surface area contributed by atoms with E-state index in [0.717, 1.165) is 37.2 Å². The van der Waals surface area contributed by atoms with Crippen molar-refractivity contribution in [3.05, 3.63) is 58.2 Å². The number of fused-ring (bicyclic) bond motifs is 1.